The van der Waals surface area contributed by atoms with Gasteiger partial charge in [0.05, 0.1) is 0 Å². The molecule has 5 heteroatoms. The molecule has 0 saturated heterocycles. The van der Waals surface area contributed by atoms with Gasteiger partial charge in [0.15, 0.2) is 6.79 Å². The summed E-state index contributed by atoms with van der Waals surface area (Å²) in [6.45, 7) is -0.481. The van der Waals surface area contributed by atoms with Crippen molar-refractivity contribution in [2.75, 3.05) is 6.79 Å². The zero-order valence-electron chi connectivity index (χ0n) is 2.42. The molecule has 34 valence electrons. The van der Waals surface area contributed by atoms with Gasteiger partial charge in [-0.05, 0) is 0 Å². The molecule has 0 rings (SSSR count). The van der Waals surface area contributed by atoms with E-state index in [2.05, 4.69) is 4.18 Å². The van der Waals surface area contributed by atoms with E-state index in [-0.39, 0.29) is 29.6 Å². The summed E-state index contributed by atoms with van der Waals surface area (Å²) in [7, 11) is 0. The molecular formula is CH5NaO3S. The predicted octanol–water partition coefficient (Wildman–Crippen LogP) is -1.84. The summed E-state index contributed by atoms with van der Waals surface area (Å²) in [4.78, 5) is 0. The monoisotopic (exact) mass is 120 g/mol. The molecule has 0 aromatic rings. The molecule has 0 fully saturated rings. The number of hydrogen-bond acceptors (Lipinski definition) is 3. The number of rotatable bonds is 2. The van der Waals surface area contributed by atoms with Crippen LogP contribution in [0.25, 0.3) is 0 Å². The number of hydrogen-bond donors (Lipinski definition) is 2. The number of aliphatic hydroxyl groups excluding tert-OH is 1. The van der Waals surface area contributed by atoms with Crippen LogP contribution >= 0.6 is 0 Å². The Kier molecular flexibility index (Phi) is 15.9. The third-order valence-corrected chi connectivity index (χ3v) is 0.331. The molecule has 0 aliphatic carbocycles. The Morgan fingerprint density at radius 1 is 1.83 bits per heavy atom. The van der Waals surface area contributed by atoms with Crippen LogP contribution in [0.3, 0.4) is 0 Å². The topological polar surface area (TPSA) is 46.5 Å². The van der Waals surface area contributed by atoms with Crippen molar-refractivity contribution in [3.8, 4) is 0 Å². The SMILES string of the molecule is O=[SH]OCO.[NaH]. The maximum absolute atomic E-state index is 9.12. The summed E-state index contributed by atoms with van der Waals surface area (Å²) in [6, 6.07) is 0. The van der Waals surface area contributed by atoms with Crippen LogP contribution in [0.15, 0.2) is 0 Å². The first-order valence-electron chi connectivity index (χ1n) is 0.970. The molecule has 0 aromatic heterocycles. The third-order valence-electron chi connectivity index (χ3n) is 0.110. The molecule has 3 nitrogen and oxygen atoms in total. The van der Waals surface area contributed by atoms with Crippen molar-refractivity contribution in [2.24, 2.45) is 0 Å². The fourth-order valence-corrected chi connectivity index (χ4v) is 0.0707. The fourth-order valence-electron chi connectivity index (χ4n) is 0.0236. The minimum atomic E-state index is -0.481. The van der Waals surface area contributed by atoms with Crippen LogP contribution in [0.2, 0.25) is 0 Å². The zero-order valence-corrected chi connectivity index (χ0v) is 3.31. The van der Waals surface area contributed by atoms with E-state index in [9.17, 15) is 0 Å². The zero-order chi connectivity index (χ0) is 4.12. The maximum atomic E-state index is 9.12. The van der Waals surface area contributed by atoms with Gasteiger partial charge >= 0.3 is 29.6 Å². The molecular weight excluding hydrogens is 115 g/mol. The van der Waals surface area contributed by atoms with Crippen LogP contribution in [0.1, 0.15) is 0 Å². The Labute approximate surface area is 61.7 Å². The van der Waals surface area contributed by atoms with Crippen molar-refractivity contribution in [1.29, 1.82) is 0 Å². The van der Waals surface area contributed by atoms with E-state index in [1.165, 1.54) is 0 Å². The third kappa shape index (κ3) is 8.91. The summed E-state index contributed by atoms with van der Waals surface area (Å²) in [6.07, 6.45) is 0. The number of aliphatic hydroxyl groups is 1. The van der Waals surface area contributed by atoms with Crippen LogP contribution < -0.4 is 0 Å². The van der Waals surface area contributed by atoms with E-state index >= 15 is 0 Å². The Balaban J connectivity index is 0. The molecule has 0 atom stereocenters. The van der Waals surface area contributed by atoms with Crippen LogP contribution in [0.5, 0.6) is 0 Å². The van der Waals surface area contributed by atoms with Gasteiger partial charge in [-0.1, -0.05) is 0 Å². The Hall–Kier alpha value is 1.07. The van der Waals surface area contributed by atoms with Gasteiger partial charge in [-0.15, -0.1) is 0 Å². The summed E-state index contributed by atoms with van der Waals surface area (Å²) in [5.41, 5.74) is 0. The first-order valence-corrected chi connectivity index (χ1v) is 1.70. The molecule has 0 bridgehead atoms. The van der Waals surface area contributed by atoms with E-state index in [0.29, 0.717) is 0 Å². The summed E-state index contributed by atoms with van der Waals surface area (Å²) < 4.78 is 12.9. The Morgan fingerprint density at radius 3 is 2.33 bits per heavy atom. The van der Waals surface area contributed by atoms with Gasteiger partial charge in [0, 0.05) is 0 Å². The van der Waals surface area contributed by atoms with E-state index in [1.54, 1.807) is 0 Å². The van der Waals surface area contributed by atoms with E-state index in [1.807, 2.05) is 0 Å². The molecule has 0 aliphatic rings. The molecule has 1 N–H and O–H groups in total. The Bertz CT molecular complexity index is 32.0. The molecule has 0 unspecified atom stereocenters. The van der Waals surface area contributed by atoms with Gasteiger partial charge in [-0.3, -0.25) is 4.18 Å². The average Bonchev–Trinajstić information content (AvgIpc) is 1.41. The first-order chi connectivity index (χ1) is 2.41. The van der Waals surface area contributed by atoms with Gasteiger partial charge < -0.3 is 5.11 Å². The molecule has 6 heavy (non-hydrogen) atoms. The average molecular weight is 120 g/mol. The van der Waals surface area contributed by atoms with Crippen molar-refractivity contribution >= 4 is 41.5 Å². The van der Waals surface area contributed by atoms with E-state index < -0.39 is 18.7 Å². The second-order valence-electron chi connectivity index (χ2n) is 0.333. The van der Waals surface area contributed by atoms with Crippen molar-refractivity contribution < 1.29 is 13.5 Å². The standard InChI is InChI=1S/CH4O3S.Na.H/c2-1-4-5-3;;/h2,5H,1H2;;. The van der Waals surface area contributed by atoms with Crippen LogP contribution in [-0.4, -0.2) is 45.7 Å². The molecule has 0 saturated carbocycles. The van der Waals surface area contributed by atoms with Gasteiger partial charge in [0.2, 0.25) is 0 Å². The van der Waals surface area contributed by atoms with Gasteiger partial charge in [0.25, 0.3) is 0 Å². The molecule has 0 spiro atoms. The van der Waals surface area contributed by atoms with Crippen molar-refractivity contribution in [3.05, 3.63) is 0 Å². The molecule has 0 aliphatic heterocycles. The second-order valence-corrected chi connectivity index (χ2v) is 0.740. The van der Waals surface area contributed by atoms with E-state index in [4.69, 9.17) is 9.32 Å². The Morgan fingerprint density at radius 2 is 2.33 bits per heavy atom. The second kappa shape index (κ2) is 9.42. The van der Waals surface area contributed by atoms with Crippen LogP contribution in [0.4, 0.5) is 0 Å². The van der Waals surface area contributed by atoms with Gasteiger partial charge in [-0.25, -0.2) is 4.21 Å². The first kappa shape index (κ1) is 10.1. The fraction of sp³-hybridized carbons (Fsp3) is 1.00. The van der Waals surface area contributed by atoms with Crippen molar-refractivity contribution in [1.82, 2.24) is 0 Å². The molecule has 0 aromatic carbocycles. The number of thiol groups is 1. The normalized spacial score (nSPS) is 6.83. The van der Waals surface area contributed by atoms with Crippen LogP contribution in [-0.2, 0) is 16.1 Å². The summed E-state index contributed by atoms with van der Waals surface area (Å²) in [5, 5.41) is 7.64. The van der Waals surface area contributed by atoms with Gasteiger partial charge in [0.1, 0.15) is 11.9 Å². The van der Waals surface area contributed by atoms with Gasteiger partial charge in [-0.2, -0.15) is 0 Å². The van der Waals surface area contributed by atoms with Crippen molar-refractivity contribution in [3.63, 3.8) is 0 Å². The summed E-state index contributed by atoms with van der Waals surface area (Å²) >= 11 is -0.470. The minimum absolute atomic E-state index is 0. The van der Waals surface area contributed by atoms with Crippen molar-refractivity contribution in [2.45, 2.75) is 0 Å². The molecule has 0 radical (unpaired) electrons. The quantitative estimate of drug-likeness (QED) is 0.256. The van der Waals surface area contributed by atoms with Crippen LogP contribution in [0, 0.1) is 0 Å². The summed E-state index contributed by atoms with van der Waals surface area (Å²) in [5.74, 6) is 0. The predicted molar refractivity (Wildman–Crippen MR) is 24.9 cm³/mol. The molecule has 0 heterocycles. The molecule has 0 amide bonds. The van der Waals surface area contributed by atoms with E-state index in [0.717, 1.165) is 0 Å².